The van der Waals surface area contributed by atoms with Crippen LogP contribution in [0.15, 0.2) is 24.3 Å². The average Bonchev–Trinajstić information content (AvgIpc) is 2.56. The maximum absolute atomic E-state index is 9.76. The van der Waals surface area contributed by atoms with Crippen LogP contribution in [0, 0.1) is 33.7 Å². The lowest BCUT2D eigenvalue weighted by Gasteiger charge is -2.30. The lowest BCUT2D eigenvalue weighted by atomic mass is 9.92. The second-order valence-electron chi connectivity index (χ2n) is 5.17. The first-order valence-electron chi connectivity index (χ1n) is 7.11. The first-order chi connectivity index (χ1) is 11.2. The first kappa shape index (κ1) is 20.0. The van der Waals surface area contributed by atoms with E-state index in [1.807, 2.05) is 24.3 Å². The number of aliphatic hydroxyl groups excluding tert-OH is 1. The van der Waals surface area contributed by atoms with Crippen molar-refractivity contribution < 1.29 is 19.3 Å². The van der Waals surface area contributed by atoms with Gasteiger partial charge in [-0.3, -0.25) is 0 Å². The van der Waals surface area contributed by atoms with Crippen LogP contribution in [0.3, 0.4) is 0 Å². The second kappa shape index (κ2) is 11.4. The highest BCUT2D eigenvalue weighted by atomic mass is 127. The van der Waals surface area contributed by atoms with E-state index in [2.05, 4.69) is 34.4 Å². The molecule has 1 rings (SSSR count). The van der Waals surface area contributed by atoms with Gasteiger partial charge in [0, 0.05) is 3.57 Å². The van der Waals surface area contributed by atoms with Gasteiger partial charge in [-0.15, -0.1) is 12.8 Å². The van der Waals surface area contributed by atoms with Gasteiger partial charge in [-0.1, -0.05) is 24.0 Å². The topological polar surface area (TPSA) is 47.9 Å². The summed E-state index contributed by atoms with van der Waals surface area (Å²) >= 11 is 2.25. The Balaban J connectivity index is 2.57. The number of aliphatic hydroxyl groups is 1. The van der Waals surface area contributed by atoms with Gasteiger partial charge in [0.05, 0.1) is 38.4 Å². The average molecular weight is 428 g/mol. The molecule has 0 radical (unpaired) electrons. The van der Waals surface area contributed by atoms with Crippen molar-refractivity contribution in [2.24, 2.45) is 5.41 Å². The van der Waals surface area contributed by atoms with Crippen molar-refractivity contribution in [2.75, 3.05) is 39.6 Å². The predicted molar refractivity (Wildman–Crippen MR) is 97.6 cm³/mol. The molecule has 4 nitrogen and oxygen atoms in total. The van der Waals surface area contributed by atoms with Gasteiger partial charge in [0.25, 0.3) is 0 Å². The molecule has 0 saturated carbocycles. The van der Waals surface area contributed by atoms with Gasteiger partial charge in [-0.2, -0.15) is 0 Å². The molecule has 0 fully saturated rings. The molecule has 0 unspecified atom stereocenters. The van der Waals surface area contributed by atoms with Crippen molar-refractivity contribution in [3.8, 4) is 24.7 Å². The molecule has 0 atom stereocenters. The smallest absolute Gasteiger partial charge is 0.107 e. The Bertz CT molecular complexity index is 507. The molecule has 1 aromatic carbocycles. The van der Waals surface area contributed by atoms with E-state index in [0.29, 0.717) is 6.61 Å². The van der Waals surface area contributed by atoms with Gasteiger partial charge < -0.3 is 19.3 Å². The Morgan fingerprint density at radius 2 is 1.48 bits per heavy atom. The Hall–Kier alpha value is -1.09. The summed E-state index contributed by atoms with van der Waals surface area (Å²) < 4.78 is 17.7. The van der Waals surface area contributed by atoms with Gasteiger partial charge in [-0.25, -0.2) is 0 Å². The lowest BCUT2D eigenvalue weighted by Crippen LogP contribution is -2.41. The quantitative estimate of drug-likeness (QED) is 0.333. The maximum Gasteiger partial charge on any atom is 0.107 e. The summed E-state index contributed by atoms with van der Waals surface area (Å²) in [7, 11) is 0. The van der Waals surface area contributed by atoms with Crippen LogP contribution in [-0.4, -0.2) is 44.7 Å². The van der Waals surface area contributed by atoms with Crippen molar-refractivity contribution in [1.29, 1.82) is 0 Å². The Morgan fingerprint density at radius 1 is 0.957 bits per heavy atom. The highest BCUT2D eigenvalue weighted by Gasteiger charge is 2.31. The van der Waals surface area contributed by atoms with Crippen LogP contribution in [0.5, 0.6) is 0 Å². The van der Waals surface area contributed by atoms with Crippen molar-refractivity contribution in [2.45, 2.75) is 6.61 Å². The largest absolute Gasteiger partial charge is 0.396 e. The van der Waals surface area contributed by atoms with Gasteiger partial charge in [-0.05, 0) is 40.3 Å². The number of rotatable bonds is 11. The summed E-state index contributed by atoms with van der Waals surface area (Å²) in [6.45, 7) is 1.42. The van der Waals surface area contributed by atoms with E-state index >= 15 is 0 Å². The zero-order chi connectivity index (χ0) is 17.0. The van der Waals surface area contributed by atoms with Crippen LogP contribution >= 0.6 is 22.6 Å². The zero-order valence-corrected chi connectivity index (χ0v) is 15.1. The third-order valence-corrected chi connectivity index (χ3v) is 3.83. The minimum absolute atomic E-state index is 0.144. The highest BCUT2D eigenvalue weighted by Crippen LogP contribution is 2.20. The van der Waals surface area contributed by atoms with Crippen LogP contribution in [0.2, 0.25) is 0 Å². The molecule has 0 aromatic heterocycles. The van der Waals surface area contributed by atoms with Crippen molar-refractivity contribution in [3.63, 3.8) is 0 Å². The SMILES string of the molecule is C#CCOCC(CO)(COCC#C)COCc1ccc(I)cc1. The van der Waals surface area contributed by atoms with Gasteiger partial charge in [0.2, 0.25) is 0 Å². The van der Waals surface area contributed by atoms with E-state index in [1.54, 1.807) is 0 Å². The molecule has 124 valence electrons. The van der Waals surface area contributed by atoms with Gasteiger partial charge >= 0.3 is 0 Å². The van der Waals surface area contributed by atoms with E-state index in [4.69, 9.17) is 27.1 Å². The molecule has 0 aliphatic carbocycles. The maximum atomic E-state index is 9.76. The van der Waals surface area contributed by atoms with E-state index in [0.717, 1.165) is 5.56 Å². The Kier molecular flexibility index (Phi) is 9.93. The summed E-state index contributed by atoms with van der Waals surface area (Å²) in [5.74, 6) is 4.80. The van der Waals surface area contributed by atoms with E-state index in [9.17, 15) is 5.11 Å². The predicted octanol–water partition coefficient (Wildman–Crippen LogP) is 2.09. The fourth-order valence-electron chi connectivity index (χ4n) is 1.88. The number of benzene rings is 1. The molecule has 5 heteroatoms. The molecular weight excluding hydrogens is 407 g/mol. The van der Waals surface area contributed by atoms with Crippen molar-refractivity contribution in [1.82, 2.24) is 0 Å². The molecule has 1 aromatic rings. The molecule has 0 heterocycles. The minimum Gasteiger partial charge on any atom is -0.396 e. The zero-order valence-electron chi connectivity index (χ0n) is 13.0. The number of halogens is 1. The Labute approximate surface area is 151 Å². The Morgan fingerprint density at radius 3 is 1.96 bits per heavy atom. The molecule has 0 amide bonds. The molecule has 23 heavy (non-hydrogen) atoms. The fraction of sp³-hybridized carbons (Fsp3) is 0.444. The molecular formula is C18H21IO4. The van der Waals surface area contributed by atoms with Crippen molar-refractivity contribution in [3.05, 3.63) is 33.4 Å². The number of hydrogen-bond donors (Lipinski definition) is 1. The van der Waals surface area contributed by atoms with Crippen LogP contribution in [0.4, 0.5) is 0 Å². The summed E-state index contributed by atoms with van der Waals surface area (Å²) in [6, 6.07) is 8.05. The molecule has 0 aliphatic rings. The van der Waals surface area contributed by atoms with E-state index < -0.39 is 5.41 Å². The molecule has 0 spiro atoms. The molecule has 0 bridgehead atoms. The van der Waals surface area contributed by atoms with E-state index in [-0.39, 0.29) is 39.6 Å². The summed E-state index contributed by atoms with van der Waals surface area (Å²) in [5, 5.41) is 9.76. The monoisotopic (exact) mass is 428 g/mol. The van der Waals surface area contributed by atoms with Crippen molar-refractivity contribution >= 4 is 22.6 Å². The van der Waals surface area contributed by atoms with Crippen LogP contribution in [0.25, 0.3) is 0 Å². The third-order valence-electron chi connectivity index (χ3n) is 3.11. The molecule has 1 N–H and O–H groups in total. The minimum atomic E-state index is -0.684. The van der Waals surface area contributed by atoms with Crippen LogP contribution in [-0.2, 0) is 20.8 Å². The van der Waals surface area contributed by atoms with Gasteiger partial charge in [0.1, 0.15) is 13.2 Å². The number of hydrogen-bond acceptors (Lipinski definition) is 4. The summed E-state index contributed by atoms with van der Waals surface area (Å²) in [6.07, 6.45) is 10.4. The lowest BCUT2D eigenvalue weighted by molar-refractivity contribution is -0.0880. The summed E-state index contributed by atoms with van der Waals surface area (Å²) in [5.41, 5.74) is 0.378. The summed E-state index contributed by atoms with van der Waals surface area (Å²) in [4.78, 5) is 0. The molecule has 0 aliphatic heterocycles. The normalized spacial score (nSPS) is 11.0. The standard InChI is InChI=1S/C18H21IO4/c1-3-9-21-13-18(12-20,14-22-10-4-2)15-23-11-16-5-7-17(19)8-6-16/h1-2,5-8,20H,9-15H2. The first-order valence-corrected chi connectivity index (χ1v) is 8.19. The number of ether oxygens (including phenoxy) is 3. The van der Waals surface area contributed by atoms with Gasteiger partial charge in [0.15, 0.2) is 0 Å². The van der Waals surface area contributed by atoms with E-state index in [1.165, 1.54) is 3.57 Å². The second-order valence-corrected chi connectivity index (χ2v) is 6.42. The fourth-order valence-corrected chi connectivity index (χ4v) is 2.24. The highest BCUT2D eigenvalue weighted by molar-refractivity contribution is 14.1. The third kappa shape index (κ3) is 7.83. The number of terminal acetylenes is 2. The van der Waals surface area contributed by atoms with Crippen LogP contribution in [0.1, 0.15) is 5.56 Å². The van der Waals surface area contributed by atoms with Crippen LogP contribution < -0.4 is 0 Å². The molecule has 0 saturated heterocycles.